The fourth-order valence-corrected chi connectivity index (χ4v) is 1.43. The first-order chi connectivity index (χ1) is 7.13. The van der Waals surface area contributed by atoms with Gasteiger partial charge in [0.2, 0.25) is 0 Å². The second-order valence-electron chi connectivity index (χ2n) is 2.60. The fourth-order valence-electron chi connectivity index (χ4n) is 0.918. The summed E-state index contributed by atoms with van der Waals surface area (Å²) >= 11 is 3.19. The van der Waals surface area contributed by atoms with Crippen LogP contribution < -0.4 is 9.84 Å². The Labute approximate surface area is 94.1 Å². The van der Waals surface area contributed by atoms with E-state index in [1.54, 1.807) is 18.2 Å². The molecule has 0 aromatic heterocycles. The van der Waals surface area contributed by atoms with E-state index < -0.39 is 12.6 Å². The van der Waals surface area contributed by atoms with Gasteiger partial charge in [-0.25, -0.2) is 0 Å². The van der Waals surface area contributed by atoms with Crippen LogP contribution in [0.5, 0.6) is 5.75 Å². The van der Waals surface area contributed by atoms with Crippen LogP contribution in [0.25, 0.3) is 0 Å². The molecule has 0 aliphatic heterocycles. The summed E-state index contributed by atoms with van der Waals surface area (Å²) in [6.07, 6.45) is 1.24. The van der Waals surface area contributed by atoms with Crippen LogP contribution in [0.3, 0.4) is 0 Å². The summed E-state index contributed by atoms with van der Waals surface area (Å²) in [7, 11) is 0. The van der Waals surface area contributed by atoms with Crippen molar-refractivity contribution >= 4 is 28.1 Å². The molecule has 15 heavy (non-hydrogen) atoms. The Morgan fingerprint density at radius 2 is 2.40 bits per heavy atom. The predicted octanol–water partition coefficient (Wildman–Crippen LogP) is 0.386. The largest absolute Gasteiger partial charge is 0.546 e. The van der Waals surface area contributed by atoms with Gasteiger partial charge in [-0.2, -0.15) is 0 Å². The first kappa shape index (κ1) is 11.5. The topological polar surface area (TPSA) is 82.0 Å². The van der Waals surface area contributed by atoms with Gasteiger partial charge in [-0.1, -0.05) is 5.16 Å². The van der Waals surface area contributed by atoms with Crippen LogP contribution in [-0.2, 0) is 4.79 Å². The molecule has 80 valence electrons. The van der Waals surface area contributed by atoms with Gasteiger partial charge in [0.15, 0.2) is 0 Å². The van der Waals surface area contributed by atoms with E-state index in [-0.39, 0.29) is 0 Å². The normalized spacial score (nSPS) is 10.5. The number of halogens is 1. The zero-order valence-electron chi connectivity index (χ0n) is 7.51. The quantitative estimate of drug-likeness (QED) is 0.488. The van der Waals surface area contributed by atoms with Gasteiger partial charge in [0.25, 0.3) is 0 Å². The van der Waals surface area contributed by atoms with E-state index in [0.29, 0.717) is 15.8 Å². The van der Waals surface area contributed by atoms with Crippen LogP contribution in [0.1, 0.15) is 5.56 Å². The molecule has 5 nitrogen and oxygen atoms in total. The number of aliphatic carboxylic acids is 1. The third kappa shape index (κ3) is 3.59. The van der Waals surface area contributed by atoms with Gasteiger partial charge in [-0.3, -0.25) is 0 Å². The molecule has 0 radical (unpaired) electrons. The number of carboxylic acids is 1. The second kappa shape index (κ2) is 5.35. The second-order valence-corrected chi connectivity index (χ2v) is 3.45. The number of oxime groups is 1. The summed E-state index contributed by atoms with van der Waals surface area (Å²) < 4.78 is 5.49. The highest BCUT2D eigenvalue weighted by molar-refractivity contribution is 9.10. The third-order valence-corrected chi connectivity index (χ3v) is 2.13. The SMILES string of the molecule is O=C([O-])COc1ccc(/C=N\O)cc1Br. The molecule has 1 aromatic carbocycles. The van der Waals surface area contributed by atoms with E-state index >= 15 is 0 Å². The Morgan fingerprint density at radius 3 is 2.93 bits per heavy atom. The molecule has 0 atom stereocenters. The number of nitrogens with zero attached hydrogens (tertiary/aromatic N) is 1. The maximum atomic E-state index is 10.1. The Bertz CT molecular complexity index is 392. The van der Waals surface area contributed by atoms with Crippen LogP contribution in [0.4, 0.5) is 0 Å². The van der Waals surface area contributed by atoms with E-state index in [2.05, 4.69) is 21.1 Å². The molecule has 0 fully saturated rings. The van der Waals surface area contributed by atoms with Gasteiger partial charge >= 0.3 is 0 Å². The maximum Gasteiger partial charge on any atom is 0.134 e. The average molecular weight is 273 g/mol. The lowest BCUT2D eigenvalue weighted by atomic mass is 10.2. The molecule has 1 rings (SSSR count). The minimum absolute atomic E-state index is 0.384. The fraction of sp³-hybridized carbons (Fsp3) is 0.111. The predicted molar refractivity (Wildman–Crippen MR) is 54.0 cm³/mol. The van der Waals surface area contributed by atoms with Crippen LogP contribution in [0.15, 0.2) is 27.8 Å². The summed E-state index contributed by atoms with van der Waals surface area (Å²) in [6.45, 7) is -0.508. The summed E-state index contributed by atoms with van der Waals surface area (Å²) in [5, 5.41) is 21.3. The van der Waals surface area contributed by atoms with Crippen molar-refractivity contribution in [1.29, 1.82) is 0 Å². The van der Waals surface area contributed by atoms with E-state index in [0.717, 1.165) is 0 Å². The number of hydrogen-bond acceptors (Lipinski definition) is 5. The summed E-state index contributed by atoms with van der Waals surface area (Å²) in [5.74, 6) is -0.905. The first-order valence-electron chi connectivity index (χ1n) is 3.93. The Kier molecular flexibility index (Phi) is 4.11. The van der Waals surface area contributed by atoms with Crippen molar-refractivity contribution in [3.8, 4) is 5.75 Å². The van der Waals surface area contributed by atoms with Crippen LogP contribution >= 0.6 is 15.9 Å². The lowest BCUT2D eigenvalue weighted by Gasteiger charge is -2.08. The summed E-state index contributed by atoms with van der Waals surface area (Å²) in [4.78, 5) is 10.1. The van der Waals surface area contributed by atoms with E-state index in [1.165, 1.54) is 6.21 Å². The minimum Gasteiger partial charge on any atom is -0.546 e. The molecular formula is C9H7BrNO4-. The summed E-state index contributed by atoms with van der Waals surface area (Å²) in [6, 6.07) is 4.81. The lowest BCUT2D eigenvalue weighted by Crippen LogP contribution is -2.29. The molecule has 0 spiro atoms. The van der Waals surface area contributed by atoms with Crippen molar-refractivity contribution in [2.24, 2.45) is 5.16 Å². The van der Waals surface area contributed by atoms with Crippen molar-refractivity contribution in [3.05, 3.63) is 28.2 Å². The highest BCUT2D eigenvalue weighted by atomic mass is 79.9. The van der Waals surface area contributed by atoms with Gasteiger partial charge in [0, 0.05) is 0 Å². The van der Waals surface area contributed by atoms with Crippen LogP contribution in [-0.4, -0.2) is 24.0 Å². The number of benzene rings is 1. The van der Waals surface area contributed by atoms with E-state index in [9.17, 15) is 9.90 Å². The van der Waals surface area contributed by atoms with Crippen LogP contribution in [0, 0.1) is 0 Å². The molecule has 0 heterocycles. The summed E-state index contributed by atoms with van der Waals surface area (Å²) in [5.41, 5.74) is 0.658. The Balaban J connectivity index is 2.78. The molecule has 0 unspecified atom stereocenters. The van der Waals surface area contributed by atoms with E-state index in [4.69, 9.17) is 9.94 Å². The molecule has 1 N–H and O–H groups in total. The van der Waals surface area contributed by atoms with Crippen molar-refractivity contribution < 1.29 is 19.8 Å². The highest BCUT2D eigenvalue weighted by Crippen LogP contribution is 2.25. The average Bonchev–Trinajstić information content (AvgIpc) is 2.17. The van der Waals surface area contributed by atoms with Crippen LogP contribution in [0.2, 0.25) is 0 Å². The smallest absolute Gasteiger partial charge is 0.134 e. The minimum atomic E-state index is -1.29. The number of ether oxygens (including phenoxy) is 1. The molecule has 6 heteroatoms. The van der Waals surface area contributed by atoms with Crippen molar-refractivity contribution in [2.45, 2.75) is 0 Å². The number of hydrogen-bond donors (Lipinski definition) is 1. The van der Waals surface area contributed by atoms with Gasteiger partial charge in [0.1, 0.15) is 12.4 Å². The number of carbonyl (C=O) groups excluding carboxylic acids is 1. The zero-order valence-corrected chi connectivity index (χ0v) is 9.10. The maximum absolute atomic E-state index is 10.1. The molecular weight excluding hydrogens is 266 g/mol. The van der Waals surface area contributed by atoms with Crippen molar-refractivity contribution in [1.82, 2.24) is 0 Å². The standard InChI is InChI=1S/C9H8BrNO4/c10-7-3-6(4-11-14)1-2-8(7)15-5-9(12)13/h1-4,14H,5H2,(H,12,13)/p-1/b11-4-. The molecule has 1 aromatic rings. The Hall–Kier alpha value is -1.56. The van der Waals surface area contributed by atoms with Crippen molar-refractivity contribution in [3.63, 3.8) is 0 Å². The molecule has 0 aliphatic rings. The molecule has 0 amide bonds. The zero-order chi connectivity index (χ0) is 11.3. The van der Waals surface area contributed by atoms with Gasteiger partial charge in [-0.05, 0) is 39.7 Å². The number of carboxylic acid groups (broad SMARTS) is 1. The highest BCUT2D eigenvalue weighted by Gasteiger charge is 2.01. The molecule has 0 aliphatic carbocycles. The van der Waals surface area contributed by atoms with Crippen molar-refractivity contribution in [2.75, 3.05) is 6.61 Å². The molecule has 0 saturated heterocycles. The van der Waals surface area contributed by atoms with Gasteiger partial charge in [-0.15, -0.1) is 0 Å². The third-order valence-electron chi connectivity index (χ3n) is 1.51. The lowest BCUT2D eigenvalue weighted by molar-refractivity contribution is -0.307. The first-order valence-corrected chi connectivity index (χ1v) is 4.72. The van der Waals surface area contributed by atoms with Gasteiger partial charge in [0.05, 0.1) is 16.7 Å². The number of carbonyl (C=O) groups is 1. The number of rotatable bonds is 4. The van der Waals surface area contributed by atoms with Gasteiger partial charge < -0.3 is 19.8 Å². The molecule has 0 saturated carbocycles. The Morgan fingerprint density at radius 1 is 1.67 bits per heavy atom. The molecule has 0 bridgehead atoms. The van der Waals surface area contributed by atoms with E-state index in [1.807, 2.05) is 0 Å². The monoisotopic (exact) mass is 272 g/mol.